The molecule has 0 aliphatic heterocycles. The highest BCUT2D eigenvalue weighted by Gasteiger charge is 2.20. The zero-order valence-electron chi connectivity index (χ0n) is 16.1. The van der Waals surface area contributed by atoms with E-state index in [1.165, 1.54) is 18.7 Å². The second-order valence-corrected chi connectivity index (χ2v) is 7.85. The normalized spacial score (nSPS) is 11.9. The molecule has 144 valence electrons. The molecule has 3 rings (SSSR count). The van der Waals surface area contributed by atoms with E-state index in [1.54, 1.807) is 35.9 Å². The fraction of sp³-hybridized carbons (Fsp3) is 0.250. The van der Waals surface area contributed by atoms with Gasteiger partial charge in [0.2, 0.25) is 11.1 Å². The number of benzene rings is 2. The average molecular weight is 395 g/mol. The number of thioether (sulfide) groups is 1. The van der Waals surface area contributed by atoms with Crippen LogP contribution in [0.4, 0.5) is 5.69 Å². The predicted molar refractivity (Wildman–Crippen MR) is 109 cm³/mol. The number of aromatic nitrogens is 4. The summed E-state index contributed by atoms with van der Waals surface area (Å²) in [7, 11) is 0. The van der Waals surface area contributed by atoms with Crippen LogP contribution in [0.25, 0.3) is 5.69 Å². The first-order chi connectivity index (χ1) is 13.3. The van der Waals surface area contributed by atoms with Gasteiger partial charge in [-0.25, -0.2) is 0 Å². The molecule has 8 heteroatoms. The molecule has 0 aliphatic rings. The van der Waals surface area contributed by atoms with Gasteiger partial charge < -0.3 is 5.32 Å². The molecule has 1 heterocycles. The Morgan fingerprint density at radius 2 is 1.82 bits per heavy atom. The second-order valence-electron chi connectivity index (χ2n) is 6.55. The highest BCUT2D eigenvalue weighted by atomic mass is 32.2. The number of hydrogen-bond acceptors (Lipinski definition) is 6. The van der Waals surface area contributed by atoms with Crippen LogP contribution in [0.15, 0.2) is 47.6 Å². The van der Waals surface area contributed by atoms with E-state index in [0.29, 0.717) is 16.4 Å². The third kappa shape index (κ3) is 4.45. The number of ketones is 1. The van der Waals surface area contributed by atoms with Crippen molar-refractivity contribution in [1.29, 1.82) is 0 Å². The Morgan fingerprint density at radius 3 is 2.46 bits per heavy atom. The summed E-state index contributed by atoms with van der Waals surface area (Å²) >= 11 is 1.28. The van der Waals surface area contributed by atoms with E-state index >= 15 is 0 Å². The first-order valence-corrected chi connectivity index (χ1v) is 9.67. The van der Waals surface area contributed by atoms with E-state index in [9.17, 15) is 9.59 Å². The van der Waals surface area contributed by atoms with Crippen molar-refractivity contribution in [2.24, 2.45) is 0 Å². The quantitative estimate of drug-likeness (QED) is 0.507. The van der Waals surface area contributed by atoms with Gasteiger partial charge in [-0.05, 0) is 74.0 Å². The number of aryl methyl sites for hydroxylation is 2. The molecule has 1 aromatic heterocycles. The van der Waals surface area contributed by atoms with Gasteiger partial charge in [0.15, 0.2) is 5.78 Å². The molecule has 0 saturated heterocycles. The van der Waals surface area contributed by atoms with Gasteiger partial charge in [-0.2, -0.15) is 4.68 Å². The maximum absolute atomic E-state index is 12.5. The molecule has 0 aliphatic carbocycles. The van der Waals surface area contributed by atoms with Gasteiger partial charge in [0, 0.05) is 11.3 Å². The summed E-state index contributed by atoms with van der Waals surface area (Å²) in [6.07, 6.45) is 0. The van der Waals surface area contributed by atoms with Crippen LogP contribution in [0.5, 0.6) is 0 Å². The third-order valence-corrected chi connectivity index (χ3v) is 5.26. The molecular formula is C20H21N5O2S. The molecule has 28 heavy (non-hydrogen) atoms. The standard InChI is InChI=1S/C20H21N5O2S/c1-12-5-10-18(13(2)11-12)25-20(22-23-24-25)28-15(4)19(27)21-17-8-6-16(7-9-17)14(3)26/h5-11,15H,1-4H3,(H,21,27)/t15-/m1/s1. The zero-order valence-corrected chi connectivity index (χ0v) is 16.9. The number of carbonyl (C=O) groups is 2. The summed E-state index contributed by atoms with van der Waals surface area (Å²) in [5.74, 6) is -0.184. The summed E-state index contributed by atoms with van der Waals surface area (Å²) in [5, 5.41) is 14.9. The van der Waals surface area contributed by atoms with Crippen molar-refractivity contribution in [3.63, 3.8) is 0 Å². The Morgan fingerprint density at radius 1 is 1.11 bits per heavy atom. The summed E-state index contributed by atoms with van der Waals surface area (Å²) in [5.41, 5.74) is 4.33. The fourth-order valence-electron chi connectivity index (χ4n) is 2.69. The number of nitrogens with zero attached hydrogens (tertiary/aromatic N) is 4. The fourth-order valence-corrected chi connectivity index (χ4v) is 3.49. The molecule has 1 atom stereocenters. The van der Waals surface area contributed by atoms with Crippen LogP contribution in [0.2, 0.25) is 0 Å². The van der Waals surface area contributed by atoms with Crippen molar-refractivity contribution >= 4 is 29.1 Å². The van der Waals surface area contributed by atoms with E-state index in [-0.39, 0.29) is 11.7 Å². The van der Waals surface area contributed by atoms with Gasteiger partial charge in [0.25, 0.3) is 0 Å². The van der Waals surface area contributed by atoms with Crippen LogP contribution >= 0.6 is 11.8 Å². The molecule has 0 radical (unpaired) electrons. The lowest BCUT2D eigenvalue weighted by molar-refractivity contribution is -0.115. The number of tetrazole rings is 1. The lowest BCUT2D eigenvalue weighted by atomic mass is 10.1. The Balaban J connectivity index is 1.71. The first kappa shape index (κ1) is 19.8. The zero-order chi connectivity index (χ0) is 20.3. The minimum absolute atomic E-state index is 0.0139. The highest BCUT2D eigenvalue weighted by Crippen LogP contribution is 2.25. The number of Topliss-reactive ketones (excluding diaryl/α,β-unsaturated/α-hetero) is 1. The SMILES string of the molecule is CC(=O)c1ccc(NC(=O)[C@@H](C)Sc2nnnn2-c2ccc(C)cc2C)cc1. The monoisotopic (exact) mass is 395 g/mol. The molecule has 2 aromatic carbocycles. The van der Waals surface area contributed by atoms with Crippen LogP contribution in [-0.2, 0) is 4.79 Å². The van der Waals surface area contributed by atoms with Gasteiger partial charge >= 0.3 is 0 Å². The van der Waals surface area contributed by atoms with E-state index in [1.807, 2.05) is 26.0 Å². The van der Waals surface area contributed by atoms with Crippen LogP contribution in [0.3, 0.4) is 0 Å². The van der Waals surface area contributed by atoms with Crippen molar-refractivity contribution in [3.05, 3.63) is 59.2 Å². The van der Waals surface area contributed by atoms with Gasteiger partial charge in [0.1, 0.15) is 0 Å². The van der Waals surface area contributed by atoms with Crippen molar-refractivity contribution < 1.29 is 9.59 Å². The summed E-state index contributed by atoms with van der Waals surface area (Å²) in [6, 6.07) is 12.8. The number of hydrogen-bond donors (Lipinski definition) is 1. The molecule has 7 nitrogen and oxygen atoms in total. The van der Waals surface area contributed by atoms with Gasteiger partial charge in [-0.15, -0.1) is 5.10 Å². The summed E-state index contributed by atoms with van der Waals surface area (Å²) in [6.45, 7) is 7.33. The minimum Gasteiger partial charge on any atom is -0.325 e. The van der Waals surface area contributed by atoms with Crippen molar-refractivity contribution in [2.75, 3.05) is 5.32 Å². The van der Waals surface area contributed by atoms with Crippen molar-refractivity contribution in [1.82, 2.24) is 20.2 Å². The molecule has 1 N–H and O–H groups in total. The maximum atomic E-state index is 12.5. The first-order valence-electron chi connectivity index (χ1n) is 8.79. The number of amides is 1. The summed E-state index contributed by atoms with van der Waals surface area (Å²) < 4.78 is 1.64. The van der Waals surface area contributed by atoms with Gasteiger partial charge in [0.05, 0.1) is 10.9 Å². The van der Waals surface area contributed by atoms with Crippen molar-refractivity contribution in [3.8, 4) is 5.69 Å². The van der Waals surface area contributed by atoms with E-state index in [2.05, 4.69) is 26.9 Å². The number of anilines is 1. The van der Waals surface area contributed by atoms with Crippen LogP contribution in [0, 0.1) is 13.8 Å². The van der Waals surface area contributed by atoms with Crippen molar-refractivity contribution in [2.45, 2.75) is 38.1 Å². The predicted octanol–water partition coefficient (Wildman–Crippen LogP) is 3.60. The Bertz CT molecular complexity index is 1010. The van der Waals surface area contributed by atoms with E-state index in [0.717, 1.165) is 16.8 Å². The van der Waals surface area contributed by atoms with Crippen LogP contribution < -0.4 is 5.32 Å². The molecule has 0 unspecified atom stereocenters. The molecule has 0 saturated carbocycles. The van der Waals surface area contributed by atoms with E-state index < -0.39 is 5.25 Å². The Hall–Kier alpha value is -3.00. The molecule has 1 amide bonds. The molecular weight excluding hydrogens is 374 g/mol. The summed E-state index contributed by atoms with van der Waals surface area (Å²) in [4.78, 5) is 23.9. The lowest BCUT2D eigenvalue weighted by Crippen LogP contribution is -2.23. The smallest absolute Gasteiger partial charge is 0.237 e. The van der Waals surface area contributed by atoms with Crippen LogP contribution in [0.1, 0.15) is 35.3 Å². The second kappa shape index (κ2) is 8.35. The molecule has 0 bridgehead atoms. The van der Waals surface area contributed by atoms with Gasteiger partial charge in [-0.3, -0.25) is 9.59 Å². The van der Waals surface area contributed by atoms with Crippen LogP contribution in [-0.4, -0.2) is 37.1 Å². The Kier molecular flexibility index (Phi) is 5.89. The minimum atomic E-state index is -0.414. The number of rotatable bonds is 6. The molecule has 0 fully saturated rings. The number of nitrogens with one attached hydrogen (secondary N) is 1. The Labute approximate surface area is 167 Å². The van der Waals surface area contributed by atoms with E-state index in [4.69, 9.17) is 0 Å². The highest BCUT2D eigenvalue weighted by molar-refractivity contribution is 8.00. The molecule has 0 spiro atoms. The lowest BCUT2D eigenvalue weighted by Gasteiger charge is -2.13. The third-order valence-electron chi connectivity index (χ3n) is 4.23. The topological polar surface area (TPSA) is 89.8 Å². The maximum Gasteiger partial charge on any atom is 0.237 e. The van der Waals surface area contributed by atoms with Gasteiger partial charge in [-0.1, -0.05) is 29.5 Å². The number of carbonyl (C=O) groups excluding carboxylic acids is 2. The molecule has 3 aromatic rings. The average Bonchev–Trinajstić information content (AvgIpc) is 3.10. The largest absolute Gasteiger partial charge is 0.325 e.